The number of nitrogens with zero attached hydrogens (tertiary/aromatic N) is 1. The van der Waals surface area contributed by atoms with Gasteiger partial charge in [0.05, 0.1) is 19.3 Å². The predicted octanol–water partition coefficient (Wildman–Crippen LogP) is 2.43. The van der Waals surface area contributed by atoms with Gasteiger partial charge in [-0.25, -0.2) is 0 Å². The Balaban J connectivity index is 1.77. The minimum atomic E-state index is -0.0734. The summed E-state index contributed by atoms with van der Waals surface area (Å²) in [7, 11) is 0. The van der Waals surface area contributed by atoms with E-state index in [0.717, 1.165) is 39.1 Å². The average molecular weight is 267 g/mol. The van der Waals surface area contributed by atoms with Crippen molar-refractivity contribution in [2.45, 2.75) is 64.0 Å². The molecule has 19 heavy (non-hydrogen) atoms. The van der Waals surface area contributed by atoms with E-state index in [-0.39, 0.29) is 6.10 Å². The van der Waals surface area contributed by atoms with E-state index < -0.39 is 0 Å². The number of hydrogen-bond donors (Lipinski definition) is 1. The van der Waals surface area contributed by atoms with Crippen LogP contribution in [0.1, 0.15) is 51.9 Å². The molecule has 0 amide bonds. The first-order valence-corrected chi connectivity index (χ1v) is 8.19. The normalized spacial score (nSPS) is 40.4. The largest absolute Gasteiger partial charge is 0.393 e. The van der Waals surface area contributed by atoms with Gasteiger partial charge in [-0.1, -0.05) is 19.8 Å². The smallest absolute Gasteiger partial charge is 0.0593 e. The van der Waals surface area contributed by atoms with Crippen molar-refractivity contribution in [3.8, 4) is 0 Å². The molecular weight excluding hydrogens is 238 g/mol. The lowest BCUT2D eigenvalue weighted by Crippen LogP contribution is -2.53. The molecule has 3 nitrogen and oxygen atoms in total. The Bertz CT molecular complexity index is 301. The Kier molecular flexibility index (Phi) is 4.16. The van der Waals surface area contributed by atoms with E-state index >= 15 is 0 Å². The van der Waals surface area contributed by atoms with E-state index in [1.165, 1.54) is 32.1 Å². The molecule has 3 aliphatic rings. The predicted molar refractivity (Wildman–Crippen MR) is 76.1 cm³/mol. The second-order valence-corrected chi connectivity index (χ2v) is 7.19. The van der Waals surface area contributed by atoms with Crippen molar-refractivity contribution in [2.75, 3.05) is 26.3 Å². The molecule has 110 valence electrons. The fourth-order valence-electron chi connectivity index (χ4n) is 4.74. The number of aliphatic hydroxyl groups is 1. The molecule has 3 rings (SSSR count). The van der Waals surface area contributed by atoms with Gasteiger partial charge in [0, 0.05) is 19.1 Å². The molecule has 3 heteroatoms. The van der Waals surface area contributed by atoms with Gasteiger partial charge in [0.2, 0.25) is 0 Å². The molecule has 3 fully saturated rings. The second kappa shape index (κ2) is 5.71. The molecule has 0 aromatic heterocycles. The van der Waals surface area contributed by atoms with Crippen LogP contribution in [-0.4, -0.2) is 48.5 Å². The second-order valence-electron chi connectivity index (χ2n) is 7.19. The average Bonchev–Trinajstić information content (AvgIpc) is 2.75. The molecule has 3 unspecified atom stereocenters. The molecule has 0 aromatic carbocycles. The number of hydrogen-bond acceptors (Lipinski definition) is 3. The van der Waals surface area contributed by atoms with E-state index in [9.17, 15) is 5.11 Å². The third-order valence-electron chi connectivity index (χ3n) is 5.69. The van der Waals surface area contributed by atoms with Crippen molar-refractivity contribution < 1.29 is 9.84 Å². The van der Waals surface area contributed by atoms with Crippen molar-refractivity contribution in [1.82, 2.24) is 4.90 Å². The molecule has 1 N–H and O–H groups in total. The lowest BCUT2D eigenvalue weighted by atomic mass is 9.67. The minimum Gasteiger partial charge on any atom is -0.393 e. The lowest BCUT2D eigenvalue weighted by molar-refractivity contribution is -0.0288. The van der Waals surface area contributed by atoms with Crippen molar-refractivity contribution >= 4 is 0 Å². The lowest BCUT2D eigenvalue weighted by Gasteiger charge is -2.49. The monoisotopic (exact) mass is 267 g/mol. The van der Waals surface area contributed by atoms with Crippen LogP contribution in [0, 0.1) is 11.3 Å². The van der Waals surface area contributed by atoms with Gasteiger partial charge in [0.15, 0.2) is 0 Å². The number of ether oxygens (including phenoxy) is 1. The highest BCUT2D eigenvalue weighted by Crippen LogP contribution is 2.51. The first-order valence-electron chi connectivity index (χ1n) is 8.19. The molecule has 0 aromatic rings. The van der Waals surface area contributed by atoms with E-state index in [1.54, 1.807) is 0 Å². The van der Waals surface area contributed by atoms with Crippen LogP contribution in [0.4, 0.5) is 0 Å². The number of aliphatic hydroxyl groups excluding tert-OH is 1. The van der Waals surface area contributed by atoms with E-state index in [1.807, 2.05) is 0 Å². The zero-order chi connectivity index (χ0) is 13.3. The molecule has 0 radical (unpaired) electrons. The summed E-state index contributed by atoms with van der Waals surface area (Å²) < 4.78 is 5.70. The zero-order valence-electron chi connectivity index (χ0n) is 12.3. The third kappa shape index (κ3) is 2.84. The quantitative estimate of drug-likeness (QED) is 0.792. The summed E-state index contributed by atoms with van der Waals surface area (Å²) in [5.41, 5.74) is 0.517. The van der Waals surface area contributed by atoms with E-state index in [4.69, 9.17) is 4.74 Å². The molecule has 1 heterocycles. The van der Waals surface area contributed by atoms with Gasteiger partial charge >= 0.3 is 0 Å². The topological polar surface area (TPSA) is 32.7 Å². The molecular formula is C16H29NO2. The molecule has 1 spiro atoms. The summed E-state index contributed by atoms with van der Waals surface area (Å²) in [6.07, 6.45) is 8.74. The fraction of sp³-hybridized carbons (Fsp3) is 1.00. The van der Waals surface area contributed by atoms with E-state index in [2.05, 4.69) is 11.8 Å². The van der Waals surface area contributed by atoms with Gasteiger partial charge in [0.1, 0.15) is 0 Å². The third-order valence-corrected chi connectivity index (χ3v) is 5.69. The van der Waals surface area contributed by atoms with Gasteiger partial charge < -0.3 is 9.84 Å². The zero-order valence-corrected chi connectivity index (χ0v) is 12.3. The highest BCUT2D eigenvalue weighted by Gasteiger charge is 2.47. The molecule has 2 saturated carbocycles. The molecule has 3 atom stereocenters. The molecule has 1 saturated heterocycles. The van der Waals surface area contributed by atoms with Gasteiger partial charge in [0.25, 0.3) is 0 Å². The Hall–Kier alpha value is -0.120. The first-order chi connectivity index (χ1) is 9.20. The first kappa shape index (κ1) is 13.8. The Morgan fingerprint density at radius 2 is 2.00 bits per heavy atom. The van der Waals surface area contributed by atoms with Crippen LogP contribution in [0.5, 0.6) is 0 Å². The van der Waals surface area contributed by atoms with E-state index in [0.29, 0.717) is 17.4 Å². The van der Waals surface area contributed by atoms with Crippen LogP contribution in [0.25, 0.3) is 0 Å². The molecule has 0 bridgehead atoms. The maximum Gasteiger partial charge on any atom is 0.0593 e. The minimum absolute atomic E-state index is 0.0734. The summed E-state index contributed by atoms with van der Waals surface area (Å²) >= 11 is 0. The van der Waals surface area contributed by atoms with Gasteiger partial charge in [-0.05, 0) is 43.4 Å². The maximum atomic E-state index is 10.1. The highest BCUT2D eigenvalue weighted by molar-refractivity contribution is 5.00. The maximum absolute atomic E-state index is 10.1. The fourth-order valence-corrected chi connectivity index (χ4v) is 4.74. The standard InChI is InChI=1S/C16H29NO2/c1-13-11-17(8-9-19-12-13)15-10-14(18)4-7-16(15)5-2-3-6-16/h13-15,18H,2-12H2,1H3. The van der Waals surface area contributed by atoms with Crippen LogP contribution < -0.4 is 0 Å². The summed E-state index contributed by atoms with van der Waals surface area (Å²) in [4.78, 5) is 2.66. The van der Waals surface area contributed by atoms with Crippen LogP contribution in [-0.2, 0) is 4.74 Å². The Morgan fingerprint density at radius 3 is 2.79 bits per heavy atom. The van der Waals surface area contributed by atoms with Crippen molar-refractivity contribution in [3.63, 3.8) is 0 Å². The molecule has 1 aliphatic heterocycles. The van der Waals surface area contributed by atoms with Crippen LogP contribution in [0.15, 0.2) is 0 Å². The van der Waals surface area contributed by atoms with Gasteiger partial charge in [-0.2, -0.15) is 0 Å². The van der Waals surface area contributed by atoms with Crippen LogP contribution in [0.3, 0.4) is 0 Å². The van der Waals surface area contributed by atoms with Crippen molar-refractivity contribution in [2.24, 2.45) is 11.3 Å². The summed E-state index contributed by atoms with van der Waals surface area (Å²) in [5.74, 6) is 0.625. The van der Waals surface area contributed by atoms with Crippen molar-refractivity contribution in [3.05, 3.63) is 0 Å². The molecule has 2 aliphatic carbocycles. The summed E-state index contributed by atoms with van der Waals surface area (Å²) in [6.45, 7) is 6.27. The Morgan fingerprint density at radius 1 is 1.21 bits per heavy atom. The van der Waals surface area contributed by atoms with Gasteiger partial charge in [-0.15, -0.1) is 0 Å². The highest BCUT2D eigenvalue weighted by atomic mass is 16.5. The van der Waals surface area contributed by atoms with Crippen LogP contribution >= 0.6 is 0 Å². The summed E-state index contributed by atoms with van der Waals surface area (Å²) in [6, 6.07) is 0.600. The SMILES string of the molecule is CC1COCCN(C2CC(O)CCC23CCCC3)C1. The summed E-state index contributed by atoms with van der Waals surface area (Å²) in [5, 5.41) is 10.1. The Labute approximate surface area is 117 Å². The number of rotatable bonds is 1. The van der Waals surface area contributed by atoms with Crippen molar-refractivity contribution in [1.29, 1.82) is 0 Å². The van der Waals surface area contributed by atoms with Gasteiger partial charge in [-0.3, -0.25) is 4.90 Å². The van der Waals surface area contributed by atoms with Crippen LogP contribution in [0.2, 0.25) is 0 Å².